The summed E-state index contributed by atoms with van der Waals surface area (Å²) in [5.74, 6) is 0. The maximum atomic E-state index is 5.52. The van der Waals surface area contributed by atoms with Gasteiger partial charge in [-0.2, -0.15) is 0 Å². The van der Waals surface area contributed by atoms with E-state index in [1.54, 1.807) is 0 Å². The molecule has 1 heterocycles. The van der Waals surface area contributed by atoms with Crippen molar-refractivity contribution in [3.05, 3.63) is 0 Å². The largest absolute Gasteiger partial charge is 0.381 e. The normalized spacial score (nSPS) is 19.4. The summed E-state index contributed by atoms with van der Waals surface area (Å²) in [6.45, 7) is 8.72. The fourth-order valence-corrected chi connectivity index (χ4v) is 2.81. The Balaban J connectivity index is 2.24. The maximum Gasteiger partial charge on any atom is 0.0471 e. The highest BCUT2D eigenvalue weighted by molar-refractivity contribution is 4.83. The summed E-state index contributed by atoms with van der Waals surface area (Å²) in [4.78, 5) is 0. The van der Waals surface area contributed by atoms with Crippen molar-refractivity contribution in [2.75, 3.05) is 26.3 Å². The van der Waals surface area contributed by atoms with Gasteiger partial charge < -0.3 is 10.1 Å². The quantitative estimate of drug-likeness (QED) is 0.621. The van der Waals surface area contributed by atoms with Crippen molar-refractivity contribution in [3.63, 3.8) is 0 Å². The van der Waals surface area contributed by atoms with Gasteiger partial charge in [0, 0.05) is 19.8 Å². The Morgan fingerprint density at radius 3 is 2.35 bits per heavy atom. The van der Waals surface area contributed by atoms with E-state index >= 15 is 0 Å². The average molecular weight is 241 g/mol. The van der Waals surface area contributed by atoms with Crippen LogP contribution in [0.2, 0.25) is 0 Å². The van der Waals surface area contributed by atoms with E-state index in [-0.39, 0.29) is 0 Å². The fraction of sp³-hybridized carbons (Fsp3) is 1.00. The minimum atomic E-state index is 0.542. The van der Waals surface area contributed by atoms with E-state index in [1.807, 2.05) is 0 Å². The molecular weight excluding hydrogens is 210 g/mol. The summed E-state index contributed by atoms with van der Waals surface area (Å²) in [6, 6.07) is 0. The molecule has 17 heavy (non-hydrogen) atoms. The van der Waals surface area contributed by atoms with Gasteiger partial charge in [0.2, 0.25) is 0 Å². The van der Waals surface area contributed by atoms with Crippen LogP contribution in [0.3, 0.4) is 0 Å². The molecule has 0 bridgehead atoms. The first-order chi connectivity index (χ1) is 8.33. The molecule has 1 aliphatic rings. The Bertz CT molecular complexity index is 176. The second-order valence-electron chi connectivity index (χ2n) is 5.56. The Morgan fingerprint density at radius 2 is 1.71 bits per heavy atom. The minimum absolute atomic E-state index is 0.542. The van der Waals surface area contributed by atoms with Crippen molar-refractivity contribution in [1.29, 1.82) is 0 Å². The van der Waals surface area contributed by atoms with Crippen LogP contribution in [0.15, 0.2) is 0 Å². The number of ether oxygens (including phenoxy) is 1. The first kappa shape index (κ1) is 15.0. The smallest absolute Gasteiger partial charge is 0.0471 e. The van der Waals surface area contributed by atoms with Crippen LogP contribution in [-0.4, -0.2) is 26.3 Å². The Kier molecular flexibility index (Phi) is 7.87. The van der Waals surface area contributed by atoms with E-state index in [2.05, 4.69) is 19.2 Å². The highest BCUT2D eigenvalue weighted by atomic mass is 16.5. The van der Waals surface area contributed by atoms with Crippen LogP contribution < -0.4 is 5.32 Å². The number of hydrogen-bond donors (Lipinski definition) is 1. The summed E-state index contributed by atoms with van der Waals surface area (Å²) in [5.41, 5.74) is 0.542. The van der Waals surface area contributed by atoms with Gasteiger partial charge in [-0.15, -0.1) is 0 Å². The third kappa shape index (κ3) is 5.87. The van der Waals surface area contributed by atoms with E-state index in [1.165, 1.54) is 57.9 Å². The van der Waals surface area contributed by atoms with Gasteiger partial charge in [-0.3, -0.25) is 0 Å². The zero-order chi connectivity index (χ0) is 12.4. The van der Waals surface area contributed by atoms with E-state index in [0.29, 0.717) is 5.41 Å². The van der Waals surface area contributed by atoms with Crippen LogP contribution in [0.25, 0.3) is 0 Å². The second-order valence-corrected chi connectivity index (χ2v) is 5.56. The third-order valence-corrected chi connectivity index (χ3v) is 4.11. The monoisotopic (exact) mass is 241 g/mol. The van der Waals surface area contributed by atoms with Gasteiger partial charge in [-0.05, 0) is 31.2 Å². The lowest BCUT2D eigenvalue weighted by Gasteiger charge is -2.37. The lowest BCUT2D eigenvalue weighted by Crippen LogP contribution is -2.39. The van der Waals surface area contributed by atoms with Gasteiger partial charge >= 0.3 is 0 Å². The molecule has 0 amide bonds. The van der Waals surface area contributed by atoms with Crippen LogP contribution in [-0.2, 0) is 4.74 Å². The van der Waals surface area contributed by atoms with E-state index in [9.17, 15) is 0 Å². The highest BCUT2D eigenvalue weighted by Gasteiger charge is 2.31. The van der Waals surface area contributed by atoms with Crippen molar-refractivity contribution in [2.45, 2.75) is 65.2 Å². The van der Waals surface area contributed by atoms with Gasteiger partial charge in [0.15, 0.2) is 0 Å². The molecule has 2 heteroatoms. The van der Waals surface area contributed by atoms with Gasteiger partial charge in [0.05, 0.1) is 0 Å². The molecule has 102 valence electrons. The molecule has 0 aromatic heterocycles. The summed E-state index contributed by atoms with van der Waals surface area (Å²) < 4.78 is 5.52. The lowest BCUT2D eigenvalue weighted by atomic mass is 9.76. The summed E-state index contributed by atoms with van der Waals surface area (Å²) in [6.07, 6.45) is 10.9. The van der Waals surface area contributed by atoms with Gasteiger partial charge in [-0.1, -0.05) is 46.0 Å². The Morgan fingerprint density at radius 1 is 1.00 bits per heavy atom. The van der Waals surface area contributed by atoms with Crippen molar-refractivity contribution in [1.82, 2.24) is 5.32 Å². The summed E-state index contributed by atoms with van der Waals surface area (Å²) in [7, 11) is 0. The highest BCUT2D eigenvalue weighted by Crippen LogP contribution is 2.35. The molecule has 0 spiro atoms. The molecule has 0 aliphatic carbocycles. The van der Waals surface area contributed by atoms with Crippen LogP contribution in [0, 0.1) is 5.41 Å². The molecule has 0 saturated carbocycles. The van der Waals surface area contributed by atoms with E-state index < -0.39 is 0 Å². The minimum Gasteiger partial charge on any atom is -0.381 e. The van der Waals surface area contributed by atoms with Crippen LogP contribution in [0.4, 0.5) is 0 Å². The van der Waals surface area contributed by atoms with Gasteiger partial charge in [-0.25, -0.2) is 0 Å². The number of rotatable bonds is 9. The van der Waals surface area contributed by atoms with Crippen LogP contribution >= 0.6 is 0 Å². The first-order valence-corrected chi connectivity index (χ1v) is 7.61. The maximum absolute atomic E-state index is 5.52. The zero-order valence-electron chi connectivity index (χ0n) is 11.9. The number of hydrogen-bond acceptors (Lipinski definition) is 2. The number of unbranched alkanes of at least 4 members (excludes halogenated alkanes) is 4. The Hall–Kier alpha value is -0.0800. The second kappa shape index (κ2) is 8.93. The van der Waals surface area contributed by atoms with E-state index in [4.69, 9.17) is 4.74 Å². The van der Waals surface area contributed by atoms with E-state index in [0.717, 1.165) is 19.8 Å². The zero-order valence-corrected chi connectivity index (χ0v) is 11.9. The molecule has 1 fully saturated rings. The third-order valence-electron chi connectivity index (χ3n) is 4.11. The van der Waals surface area contributed by atoms with Crippen molar-refractivity contribution < 1.29 is 4.74 Å². The molecule has 1 saturated heterocycles. The topological polar surface area (TPSA) is 21.3 Å². The Labute approximate surface area is 108 Å². The molecule has 2 nitrogen and oxygen atoms in total. The van der Waals surface area contributed by atoms with Gasteiger partial charge in [0.1, 0.15) is 0 Å². The average Bonchev–Trinajstić information content (AvgIpc) is 2.37. The van der Waals surface area contributed by atoms with Crippen molar-refractivity contribution >= 4 is 0 Å². The molecule has 0 aromatic carbocycles. The fourth-order valence-electron chi connectivity index (χ4n) is 2.81. The molecule has 0 atom stereocenters. The molecule has 0 radical (unpaired) electrons. The van der Waals surface area contributed by atoms with Crippen LogP contribution in [0.1, 0.15) is 65.2 Å². The summed E-state index contributed by atoms with van der Waals surface area (Å²) in [5, 5.41) is 3.56. The molecule has 0 aromatic rings. The van der Waals surface area contributed by atoms with Gasteiger partial charge in [0.25, 0.3) is 0 Å². The standard InChI is InChI=1S/C15H31NO/c1-3-5-6-7-8-9-15(14-16-4-2)10-12-17-13-11-15/h16H,3-14H2,1-2H3. The number of nitrogens with one attached hydrogen (secondary N) is 1. The predicted molar refractivity (Wildman–Crippen MR) is 74.4 cm³/mol. The van der Waals surface area contributed by atoms with Crippen molar-refractivity contribution in [2.24, 2.45) is 5.41 Å². The lowest BCUT2D eigenvalue weighted by molar-refractivity contribution is 0.00938. The molecule has 0 unspecified atom stereocenters. The summed E-state index contributed by atoms with van der Waals surface area (Å²) >= 11 is 0. The predicted octanol–water partition coefficient (Wildman–Crippen LogP) is 3.75. The first-order valence-electron chi connectivity index (χ1n) is 7.61. The van der Waals surface area contributed by atoms with Crippen molar-refractivity contribution in [3.8, 4) is 0 Å². The molecular formula is C15H31NO. The molecule has 1 N–H and O–H groups in total. The molecule has 1 rings (SSSR count). The molecule has 1 aliphatic heterocycles. The van der Waals surface area contributed by atoms with Crippen LogP contribution in [0.5, 0.6) is 0 Å². The SMILES string of the molecule is CCCCCCCC1(CNCC)CCOCC1.